The van der Waals surface area contributed by atoms with Gasteiger partial charge in [-0.15, -0.1) is 0 Å². The highest BCUT2D eigenvalue weighted by Gasteiger charge is 2.24. The van der Waals surface area contributed by atoms with Gasteiger partial charge in [0.15, 0.2) is 0 Å². The highest BCUT2D eigenvalue weighted by Crippen LogP contribution is 2.31. The van der Waals surface area contributed by atoms with Crippen LogP contribution in [-0.2, 0) is 4.79 Å². The average molecular weight is 262 g/mol. The molecule has 0 spiro atoms. The van der Waals surface area contributed by atoms with Crippen LogP contribution in [0.25, 0.3) is 0 Å². The first-order valence-electron chi connectivity index (χ1n) is 6.92. The monoisotopic (exact) mass is 262 g/mol. The molecule has 1 aliphatic rings. The number of nitrogens with one attached hydrogen (secondary N) is 1. The lowest BCUT2D eigenvalue weighted by Gasteiger charge is -2.13. The lowest BCUT2D eigenvalue weighted by Crippen LogP contribution is -2.29. The summed E-state index contributed by atoms with van der Waals surface area (Å²) in [6.07, 6.45) is 2.42. The Morgan fingerprint density at radius 2 is 2.26 bits per heavy atom. The quantitative estimate of drug-likeness (QED) is 0.824. The molecule has 19 heavy (non-hydrogen) atoms. The summed E-state index contributed by atoms with van der Waals surface area (Å²) in [6.45, 7) is 3.35. The predicted molar refractivity (Wildman–Crippen MR) is 74.9 cm³/mol. The average Bonchev–Trinajstić information content (AvgIpc) is 2.80. The summed E-state index contributed by atoms with van der Waals surface area (Å²) in [7, 11) is 0. The highest BCUT2D eigenvalue weighted by atomic mass is 16.5. The summed E-state index contributed by atoms with van der Waals surface area (Å²) in [6, 6.07) is 7.84. The van der Waals surface area contributed by atoms with Crippen molar-refractivity contribution >= 4 is 5.91 Å². The van der Waals surface area contributed by atoms with Gasteiger partial charge in [0, 0.05) is 12.0 Å². The van der Waals surface area contributed by atoms with Crippen LogP contribution in [0.15, 0.2) is 24.3 Å². The van der Waals surface area contributed by atoms with Crippen LogP contribution in [0, 0.1) is 5.92 Å². The molecule has 0 bridgehead atoms. The van der Waals surface area contributed by atoms with Crippen molar-refractivity contribution < 1.29 is 9.53 Å². The van der Waals surface area contributed by atoms with E-state index in [9.17, 15) is 4.79 Å². The SMILES string of the molecule is CC(CCN)CCC(=O)NC1COc2ccccc21. The molecular weight excluding hydrogens is 240 g/mol. The zero-order valence-corrected chi connectivity index (χ0v) is 11.4. The topological polar surface area (TPSA) is 64.4 Å². The van der Waals surface area contributed by atoms with E-state index in [1.165, 1.54) is 0 Å². The molecule has 0 saturated heterocycles. The number of nitrogens with two attached hydrogens (primary N) is 1. The molecular formula is C15H22N2O2. The lowest BCUT2D eigenvalue weighted by atomic mass is 10.0. The fourth-order valence-corrected chi connectivity index (χ4v) is 2.36. The lowest BCUT2D eigenvalue weighted by molar-refractivity contribution is -0.122. The number of benzene rings is 1. The maximum atomic E-state index is 11.9. The molecule has 0 saturated carbocycles. The van der Waals surface area contributed by atoms with Crippen molar-refractivity contribution in [1.29, 1.82) is 0 Å². The summed E-state index contributed by atoms with van der Waals surface area (Å²) in [5, 5.41) is 3.04. The minimum Gasteiger partial charge on any atom is -0.491 e. The third-order valence-corrected chi connectivity index (χ3v) is 3.56. The first-order chi connectivity index (χ1) is 9.20. The van der Waals surface area contributed by atoms with Gasteiger partial charge in [-0.25, -0.2) is 0 Å². The molecule has 4 heteroatoms. The Labute approximate surface area is 114 Å². The Bertz CT molecular complexity index is 434. The van der Waals surface area contributed by atoms with Crippen LogP contribution in [0.4, 0.5) is 0 Å². The van der Waals surface area contributed by atoms with E-state index < -0.39 is 0 Å². The molecule has 1 aromatic rings. The third kappa shape index (κ3) is 3.70. The molecule has 0 fully saturated rings. The number of rotatable bonds is 6. The Morgan fingerprint density at radius 1 is 1.47 bits per heavy atom. The van der Waals surface area contributed by atoms with Gasteiger partial charge in [-0.1, -0.05) is 25.1 Å². The Kier molecular flexibility index (Phi) is 4.80. The molecule has 0 aliphatic carbocycles. The molecule has 2 unspecified atom stereocenters. The number of para-hydroxylation sites is 1. The molecule has 1 aliphatic heterocycles. The molecule has 104 valence electrons. The van der Waals surface area contributed by atoms with E-state index in [2.05, 4.69) is 12.2 Å². The van der Waals surface area contributed by atoms with E-state index in [1.807, 2.05) is 24.3 Å². The Hall–Kier alpha value is -1.55. The molecule has 0 aromatic heterocycles. The van der Waals surface area contributed by atoms with Crippen molar-refractivity contribution in [3.63, 3.8) is 0 Å². The summed E-state index contributed by atoms with van der Waals surface area (Å²) < 4.78 is 5.54. The van der Waals surface area contributed by atoms with Crippen LogP contribution in [0.3, 0.4) is 0 Å². The normalized spacial score (nSPS) is 18.5. The van der Waals surface area contributed by atoms with Crippen molar-refractivity contribution in [2.24, 2.45) is 11.7 Å². The molecule has 3 N–H and O–H groups in total. The van der Waals surface area contributed by atoms with Crippen LogP contribution >= 0.6 is 0 Å². The second kappa shape index (κ2) is 6.57. The van der Waals surface area contributed by atoms with Gasteiger partial charge in [-0.2, -0.15) is 0 Å². The van der Waals surface area contributed by atoms with Gasteiger partial charge < -0.3 is 15.8 Å². The molecule has 2 rings (SSSR count). The van der Waals surface area contributed by atoms with Gasteiger partial charge in [0.25, 0.3) is 0 Å². The maximum absolute atomic E-state index is 11.9. The van der Waals surface area contributed by atoms with Gasteiger partial charge in [0.05, 0.1) is 6.04 Å². The summed E-state index contributed by atoms with van der Waals surface area (Å²) in [5.41, 5.74) is 6.58. The van der Waals surface area contributed by atoms with Gasteiger partial charge in [0.2, 0.25) is 5.91 Å². The van der Waals surface area contributed by atoms with E-state index in [0.29, 0.717) is 25.5 Å². The van der Waals surface area contributed by atoms with Crippen LogP contribution in [-0.4, -0.2) is 19.1 Å². The number of ether oxygens (including phenoxy) is 1. The second-order valence-corrected chi connectivity index (χ2v) is 5.19. The smallest absolute Gasteiger partial charge is 0.220 e. The zero-order chi connectivity index (χ0) is 13.7. The van der Waals surface area contributed by atoms with Crippen molar-refractivity contribution in [2.75, 3.05) is 13.2 Å². The second-order valence-electron chi connectivity index (χ2n) is 5.19. The maximum Gasteiger partial charge on any atom is 0.220 e. The number of hydrogen-bond donors (Lipinski definition) is 2. The van der Waals surface area contributed by atoms with Crippen LogP contribution in [0.2, 0.25) is 0 Å². The highest BCUT2D eigenvalue weighted by molar-refractivity contribution is 5.76. The van der Waals surface area contributed by atoms with Gasteiger partial charge in [-0.3, -0.25) is 4.79 Å². The number of fused-ring (bicyclic) bond motifs is 1. The number of hydrogen-bond acceptors (Lipinski definition) is 3. The standard InChI is InChI=1S/C15H22N2O2/c1-11(8-9-16)6-7-15(18)17-13-10-19-14-5-3-2-4-12(13)14/h2-5,11,13H,6-10,16H2,1H3,(H,17,18). The van der Waals surface area contributed by atoms with Crippen molar-refractivity contribution in [3.8, 4) is 5.75 Å². The van der Waals surface area contributed by atoms with Crippen LogP contribution < -0.4 is 15.8 Å². The first kappa shape index (κ1) is 13.9. The summed E-state index contributed by atoms with van der Waals surface area (Å²) in [4.78, 5) is 11.9. The molecule has 2 atom stereocenters. The Morgan fingerprint density at radius 3 is 3.05 bits per heavy atom. The van der Waals surface area contributed by atoms with Gasteiger partial charge >= 0.3 is 0 Å². The largest absolute Gasteiger partial charge is 0.491 e. The minimum absolute atomic E-state index is 0.00601. The number of amides is 1. The van der Waals surface area contributed by atoms with Crippen molar-refractivity contribution in [3.05, 3.63) is 29.8 Å². The molecule has 0 radical (unpaired) electrons. The van der Waals surface area contributed by atoms with E-state index >= 15 is 0 Å². The molecule has 1 heterocycles. The van der Waals surface area contributed by atoms with Gasteiger partial charge in [-0.05, 0) is 31.4 Å². The summed E-state index contributed by atoms with van der Waals surface area (Å²) in [5.74, 6) is 1.47. The summed E-state index contributed by atoms with van der Waals surface area (Å²) >= 11 is 0. The van der Waals surface area contributed by atoms with Gasteiger partial charge in [0.1, 0.15) is 12.4 Å². The van der Waals surface area contributed by atoms with E-state index in [-0.39, 0.29) is 11.9 Å². The van der Waals surface area contributed by atoms with Crippen LogP contribution in [0.1, 0.15) is 37.8 Å². The van der Waals surface area contributed by atoms with E-state index in [4.69, 9.17) is 10.5 Å². The first-order valence-corrected chi connectivity index (χ1v) is 6.92. The zero-order valence-electron chi connectivity index (χ0n) is 11.4. The molecule has 1 amide bonds. The predicted octanol–water partition coefficient (Wildman–Crippen LogP) is 2.00. The molecule has 4 nitrogen and oxygen atoms in total. The van der Waals surface area contributed by atoms with E-state index in [1.54, 1.807) is 0 Å². The number of carbonyl (C=O) groups excluding carboxylic acids is 1. The van der Waals surface area contributed by atoms with Crippen molar-refractivity contribution in [1.82, 2.24) is 5.32 Å². The third-order valence-electron chi connectivity index (χ3n) is 3.56. The Balaban J connectivity index is 1.81. The van der Waals surface area contributed by atoms with Crippen LogP contribution in [0.5, 0.6) is 5.75 Å². The molecule has 1 aromatic carbocycles. The minimum atomic E-state index is -0.00601. The fraction of sp³-hybridized carbons (Fsp3) is 0.533. The van der Waals surface area contributed by atoms with E-state index in [0.717, 1.165) is 24.2 Å². The fourth-order valence-electron chi connectivity index (χ4n) is 2.36. The number of carbonyl (C=O) groups is 1. The van der Waals surface area contributed by atoms with Crippen molar-refractivity contribution in [2.45, 2.75) is 32.2 Å².